The average Bonchev–Trinajstić information content (AvgIpc) is 3.02. The second-order valence-corrected chi connectivity index (χ2v) is 7.61. The van der Waals surface area contributed by atoms with Gasteiger partial charge in [0.05, 0.1) is 0 Å². The summed E-state index contributed by atoms with van der Waals surface area (Å²) in [6, 6.07) is 0. The predicted octanol–water partition coefficient (Wildman–Crippen LogP) is 2.79. The van der Waals surface area contributed by atoms with Gasteiger partial charge in [-0.3, -0.25) is 9.59 Å². The van der Waals surface area contributed by atoms with Crippen molar-refractivity contribution in [3.63, 3.8) is 0 Å². The lowest BCUT2D eigenvalue weighted by molar-refractivity contribution is -0.144. The molecule has 2 aliphatic heterocycles. The van der Waals surface area contributed by atoms with Crippen molar-refractivity contribution in [3.8, 4) is 0 Å². The Morgan fingerprint density at radius 3 is 2.34 bits per heavy atom. The van der Waals surface area contributed by atoms with Gasteiger partial charge in [-0.25, -0.2) is 14.9 Å². The van der Waals surface area contributed by atoms with Gasteiger partial charge in [0.2, 0.25) is 23.6 Å². The van der Waals surface area contributed by atoms with E-state index in [0.29, 0.717) is 5.84 Å². The number of carbonyl (C=O) groups is 2. The van der Waals surface area contributed by atoms with Crippen LogP contribution in [0.1, 0.15) is 84.5 Å². The second-order valence-electron chi connectivity index (χ2n) is 7.61. The molecule has 2 rings (SSSR count). The van der Waals surface area contributed by atoms with Crippen LogP contribution in [0.25, 0.3) is 0 Å². The van der Waals surface area contributed by atoms with Crippen LogP contribution in [0, 0.1) is 0 Å². The van der Waals surface area contributed by atoms with Crippen molar-refractivity contribution in [2.75, 3.05) is 6.73 Å². The zero-order chi connectivity index (χ0) is 21.1. The van der Waals surface area contributed by atoms with Gasteiger partial charge in [-0.15, -0.1) is 0 Å². The van der Waals surface area contributed by atoms with Crippen molar-refractivity contribution in [2.45, 2.75) is 90.3 Å². The van der Waals surface area contributed by atoms with Crippen molar-refractivity contribution < 1.29 is 14.7 Å². The number of nitrogens with one attached hydrogen (secondary N) is 2. The largest absolute Gasteiger partial charge is 0.374 e. The fraction of sp³-hybridized carbons (Fsp3) is 0.714. The van der Waals surface area contributed by atoms with E-state index in [4.69, 9.17) is 5.11 Å². The van der Waals surface area contributed by atoms with Crippen molar-refractivity contribution in [1.29, 1.82) is 0 Å². The van der Waals surface area contributed by atoms with Crippen LogP contribution in [0.3, 0.4) is 0 Å². The van der Waals surface area contributed by atoms with E-state index in [2.05, 4.69) is 27.5 Å². The molecule has 2 heterocycles. The van der Waals surface area contributed by atoms with Crippen molar-refractivity contribution >= 4 is 23.6 Å². The maximum atomic E-state index is 12.4. The van der Waals surface area contributed by atoms with E-state index in [1.165, 1.54) is 49.8 Å². The lowest BCUT2D eigenvalue weighted by atomic mass is 10.1. The van der Waals surface area contributed by atoms with Crippen LogP contribution in [0.15, 0.2) is 22.1 Å². The van der Waals surface area contributed by atoms with E-state index in [9.17, 15) is 9.59 Å². The number of aliphatic imine (C=N–C) groups is 2. The predicted molar refractivity (Wildman–Crippen MR) is 114 cm³/mol. The first-order valence-electron chi connectivity index (χ1n) is 10.8. The normalized spacial score (nSPS) is 23.6. The standard InChI is InChI=1S/C21H35N5O3/c1-3-4-5-6-7-8-9-10-11-12-15-21(26-18(28)13-14-19(26)29)24-17(2)23-20(25-21)22-16-27/h12,15,27H,3-11,13-14,16H2,1-2H3,(H2,22,23,24,25). The highest BCUT2D eigenvalue weighted by atomic mass is 16.3. The highest BCUT2D eigenvalue weighted by Crippen LogP contribution is 2.26. The van der Waals surface area contributed by atoms with Crippen LogP contribution in [0.2, 0.25) is 0 Å². The number of amides is 2. The van der Waals surface area contributed by atoms with Crippen molar-refractivity contribution in [3.05, 3.63) is 12.2 Å². The van der Waals surface area contributed by atoms with Gasteiger partial charge in [-0.1, -0.05) is 57.9 Å². The van der Waals surface area contributed by atoms with E-state index in [1.807, 2.05) is 6.08 Å². The van der Waals surface area contributed by atoms with Gasteiger partial charge in [0.15, 0.2) is 0 Å². The molecule has 0 bridgehead atoms. The molecule has 162 valence electrons. The number of guanidine groups is 1. The van der Waals surface area contributed by atoms with Gasteiger partial charge >= 0.3 is 0 Å². The lowest BCUT2D eigenvalue weighted by Crippen LogP contribution is -2.66. The van der Waals surface area contributed by atoms with Crippen LogP contribution in [0.5, 0.6) is 0 Å². The molecule has 29 heavy (non-hydrogen) atoms. The number of nitrogens with zero attached hydrogens (tertiary/aromatic N) is 3. The van der Waals surface area contributed by atoms with Gasteiger partial charge in [0, 0.05) is 12.8 Å². The molecule has 0 saturated carbocycles. The molecule has 1 unspecified atom stereocenters. The Bertz CT molecular complexity index is 643. The van der Waals surface area contributed by atoms with Gasteiger partial charge in [0.1, 0.15) is 12.6 Å². The summed E-state index contributed by atoms with van der Waals surface area (Å²) in [4.78, 5) is 34.4. The molecule has 0 aliphatic carbocycles. The molecule has 0 aromatic carbocycles. The Kier molecular flexibility index (Phi) is 9.31. The maximum absolute atomic E-state index is 12.4. The molecule has 1 fully saturated rings. The number of unbranched alkanes of at least 4 members (excludes halogenated alkanes) is 8. The highest BCUT2D eigenvalue weighted by molar-refractivity contribution is 6.06. The summed E-state index contributed by atoms with van der Waals surface area (Å²) < 4.78 is 0. The molecule has 0 radical (unpaired) electrons. The van der Waals surface area contributed by atoms with Gasteiger partial charge in [-0.05, 0) is 25.8 Å². The number of hydrogen-bond donors (Lipinski definition) is 3. The number of aliphatic hydroxyl groups excluding tert-OH is 1. The molecule has 2 aliphatic rings. The molecular formula is C21H35N5O3. The molecule has 1 atom stereocenters. The summed E-state index contributed by atoms with van der Waals surface area (Å²) in [7, 11) is 0. The van der Waals surface area contributed by atoms with Crippen molar-refractivity contribution in [2.24, 2.45) is 9.98 Å². The Morgan fingerprint density at radius 1 is 1.10 bits per heavy atom. The quantitative estimate of drug-likeness (QED) is 0.263. The smallest absolute Gasteiger partial charge is 0.240 e. The molecule has 2 amide bonds. The number of rotatable bonds is 12. The Labute approximate surface area is 173 Å². The molecule has 1 saturated heterocycles. The van der Waals surface area contributed by atoms with Gasteiger partial charge in [0.25, 0.3) is 0 Å². The van der Waals surface area contributed by atoms with E-state index < -0.39 is 12.5 Å². The topological polar surface area (TPSA) is 106 Å². The third-order valence-corrected chi connectivity index (χ3v) is 5.14. The summed E-state index contributed by atoms with van der Waals surface area (Å²) in [6.45, 7) is 3.55. The van der Waals surface area contributed by atoms with E-state index in [1.54, 1.807) is 13.0 Å². The summed E-state index contributed by atoms with van der Waals surface area (Å²) in [6.07, 6.45) is 14.9. The first-order valence-corrected chi connectivity index (χ1v) is 10.8. The first kappa shape index (κ1) is 23.1. The zero-order valence-electron chi connectivity index (χ0n) is 17.7. The maximum Gasteiger partial charge on any atom is 0.240 e. The zero-order valence-corrected chi connectivity index (χ0v) is 17.7. The monoisotopic (exact) mass is 405 g/mol. The Morgan fingerprint density at radius 2 is 1.72 bits per heavy atom. The average molecular weight is 406 g/mol. The number of hydrogen-bond acceptors (Lipinski definition) is 5. The summed E-state index contributed by atoms with van der Waals surface area (Å²) in [5.74, 6) is -1.06. The number of allylic oxidation sites excluding steroid dienone is 1. The number of imide groups is 1. The highest BCUT2D eigenvalue weighted by Gasteiger charge is 2.47. The molecule has 8 heteroatoms. The second kappa shape index (κ2) is 11.7. The van der Waals surface area contributed by atoms with E-state index in [0.717, 1.165) is 12.8 Å². The summed E-state index contributed by atoms with van der Waals surface area (Å²) in [5.41, 5.74) is 0. The summed E-state index contributed by atoms with van der Waals surface area (Å²) >= 11 is 0. The van der Waals surface area contributed by atoms with Crippen molar-refractivity contribution in [1.82, 2.24) is 15.5 Å². The fourth-order valence-corrected chi connectivity index (χ4v) is 3.70. The fourth-order valence-electron chi connectivity index (χ4n) is 3.70. The third-order valence-electron chi connectivity index (χ3n) is 5.14. The number of likely N-dealkylation sites (tertiary alicyclic amines) is 1. The molecule has 0 aromatic heterocycles. The lowest BCUT2D eigenvalue weighted by Gasteiger charge is -2.39. The minimum atomic E-state index is -1.33. The summed E-state index contributed by atoms with van der Waals surface area (Å²) in [5, 5.41) is 15.1. The van der Waals surface area contributed by atoms with Crippen LogP contribution in [-0.4, -0.2) is 46.1 Å². The van der Waals surface area contributed by atoms with Crippen LogP contribution in [-0.2, 0) is 9.59 Å². The number of carbonyl (C=O) groups excluding carboxylic acids is 2. The minimum absolute atomic E-state index is 0.183. The number of amidine groups is 1. The minimum Gasteiger partial charge on any atom is -0.374 e. The molecule has 0 spiro atoms. The Hall–Kier alpha value is -2.22. The third kappa shape index (κ3) is 6.66. The van der Waals surface area contributed by atoms with Gasteiger partial charge < -0.3 is 15.7 Å². The SMILES string of the molecule is CCCCCCCCCCC=CC1(N2C(=O)CCC2=O)N=C(C)NC(=NCO)N1. The van der Waals surface area contributed by atoms with Crippen LogP contribution < -0.4 is 10.6 Å². The number of aliphatic hydroxyl groups is 1. The Balaban J connectivity index is 1.99. The van der Waals surface area contributed by atoms with E-state index >= 15 is 0 Å². The molecule has 8 nitrogen and oxygen atoms in total. The molecule has 3 N–H and O–H groups in total. The molecule has 0 aromatic rings. The van der Waals surface area contributed by atoms with E-state index in [-0.39, 0.29) is 30.6 Å². The van der Waals surface area contributed by atoms with Crippen LogP contribution in [0.4, 0.5) is 0 Å². The van der Waals surface area contributed by atoms with Crippen LogP contribution >= 0.6 is 0 Å². The molecular weight excluding hydrogens is 370 g/mol. The first-order chi connectivity index (χ1) is 14.0. The van der Waals surface area contributed by atoms with Gasteiger partial charge in [-0.2, -0.15) is 0 Å².